The van der Waals surface area contributed by atoms with Crippen LogP contribution < -0.4 is 10.0 Å². The number of halogens is 1. The molecule has 0 radical (unpaired) electrons. The molecule has 2 aromatic carbocycles. The molecule has 0 saturated heterocycles. The molecule has 1 heterocycles. The predicted molar refractivity (Wildman–Crippen MR) is 104 cm³/mol. The van der Waals surface area contributed by atoms with E-state index in [2.05, 4.69) is 10.0 Å². The number of hydrogen-bond acceptors (Lipinski definition) is 4. The summed E-state index contributed by atoms with van der Waals surface area (Å²) in [6.45, 7) is 0.207. The Morgan fingerprint density at radius 2 is 1.85 bits per heavy atom. The Hall–Kier alpha value is -2.19. The average molecular weight is 407 g/mol. The fourth-order valence-electron chi connectivity index (χ4n) is 2.24. The van der Waals surface area contributed by atoms with Crippen molar-refractivity contribution >= 4 is 44.6 Å². The van der Waals surface area contributed by atoms with Crippen molar-refractivity contribution in [1.29, 1.82) is 0 Å². The summed E-state index contributed by atoms with van der Waals surface area (Å²) < 4.78 is 27.4. The number of nitrogens with one attached hydrogen (secondary N) is 2. The maximum atomic E-state index is 12.4. The second-order valence-electron chi connectivity index (χ2n) is 5.40. The van der Waals surface area contributed by atoms with Gasteiger partial charge in [-0.25, -0.2) is 13.1 Å². The van der Waals surface area contributed by atoms with Gasteiger partial charge in [0.25, 0.3) is 5.91 Å². The number of benzene rings is 2. The molecule has 0 spiro atoms. The van der Waals surface area contributed by atoms with Gasteiger partial charge in [0, 0.05) is 27.7 Å². The molecule has 0 unspecified atom stereocenters. The molecule has 0 aliphatic rings. The van der Waals surface area contributed by atoms with Gasteiger partial charge in [-0.1, -0.05) is 29.8 Å². The van der Waals surface area contributed by atoms with Gasteiger partial charge in [0.1, 0.15) is 0 Å². The zero-order valence-electron chi connectivity index (χ0n) is 13.5. The lowest BCUT2D eigenvalue weighted by atomic mass is 10.2. The molecule has 2 N–H and O–H groups in total. The first-order valence-electron chi connectivity index (χ1n) is 7.63. The van der Waals surface area contributed by atoms with Gasteiger partial charge >= 0.3 is 0 Å². The van der Waals surface area contributed by atoms with Gasteiger partial charge in [0.05, 0.1) is 4.90 Å². The van der Waals surface area contributed by atoms with E-state index < -0.39 is 15.9 Å². The van der Waals surface area contributed by atoms with E-state index in [4.69, 9.17) is 11.6 Å². The van der Waals surface area contributed by atoms with Crippen molar-refractivity contribution in [2.45, 2.75) is 11.4 Å². The van der Waals surface area contributed by atoms with Gasteiger partial charge < -0.3 is 5.32 Å². The third kappa shape index (κ3) is 4.70. The fraction of sp³-hybridized carbons (Fsp3) is 0.0556. The number of thiophene rings is 1. The molecule has 1 aromatic heterocycles. The van der Waals surface area contributed by atoms with E-state index in [-0.39, 0.29) is 17.0 Å². The molecule has 0 fully saturated rings. The first-order valence-corrected chi connectivity index (χ1v) is 10.4. The summed E-state index contributed by atoms with van der Waals surface area (Å²) in [6.07, 6.45) is 0. The summed E-state index contributed by atoms with van der Waals surface area (Å²) in [7, 11) is -3.72. The summed E-state index contributed by atoms with van der Waals surface area (Å²) >= 11 is 7.37. The predicted octanol–water partition coefficient (Wildman–Crippen LogP) is 4.13. The van der Waals surface area contributed by atoms with Crippen molar-refractivity contribution < 1.29 is 13.2 Å². The molecule has 26 heavy (non-hydrogen) atoms. The highest BCUT2D eigenvalue weighted by Crippen LogP contribution is 2.18. The fourth-order valence-corrected chi connectivity index (χ4v) is 4.21. The van der Waals surface area contributed by atoms with Crippen LogP contribution in [-0.4, -0.2) is 14.3 Å². The van der Waals surface area contributed by atoms with Gasteiger partial charge in [-0.05, 0) is 47.8 Å². The zero-order chi connectivity index (χ0) is 18.6. The van der Waals surface area contributed by atoms with Gasteiger partial charge in [-0.3, -0.25) is 4.79 Å². The number of amides is 1. The Bertz CT molecular complexity index is 1020. The first-order chi connectivity index (χ1) is 12.4. The lowest BCUT2D eigenvalue weighted by molar-refractivity contribution is 0.102. The van der Waals surface area contributed by atoms with Crippen LogP contribution in [0.25, 0.3) is 0 Å². The summed E-state index contributed by atoms with van der Waals surface area (Å²) in [6, 6.07) is 16.3. The van der Waals surface area contributed by atoms with Crippen LogP contribution in [0, 0.1) is 0 Å². The molecule has 3 aromatic rings. The van der Waals surface area contributed by atoms with Crippen molar-refractivity contribution in [3.8, 4) is 0 Å². The molecule has 0 bridgehead atoms. The molecule has 8 heteroatoms. The van der Waals surface area contributed by atoms with Crippen LogP contribution in [0.5, 0.6) is 0 Å². The zero-order valence-corrected chi connectivity index (χ0v) is 15.9. The molecule has 0 atom stereocenters. The molecule has 3 rings (SSSR count). The third-order valence-corrected chi connectivity index (χ3v) is 6.02. The molecule has 1 amide bonds. The molecule has 5 nitrogen and oxygen atoms in total. The Kier molecular flexibility index (Phi) is 5.73. The summed E-state index contributed by atoms with van der Waals surface area (Å²) in [5.74, 6) is -0.414. The van der Waals surface area contributed by atoms with Crippen LogP contribution in [0.2, 0.25) is 5.02 Å². The van der Waals surface area contributed by atoms with Crippen LogP contribution in [0.4, 0.5) is 5.69 Å². The van der Waals surface area contributed by atoms with E-state index in [0.29, 0.717) is 10.7 Å². The highest BCUT2D eigenvalue weighted by atomic mass is 35.5. The maximum Gasteiger partial charge on any atom is 0.255 e. The Morgan fingerprint density at radius 3 is 2.58 bits per heavy atom. The number of anilines is 1. The topological polar surface area (TPSA) is 75.3 Å². The van der Waals surface area contributed by atoms with Gasteiger partial charge in [-0.15, -0.1) is 11.3 Å². The lowest BCUT2D eigenvalue weighted by Crippen LogP contribution is -2.23. The molecule has 0 aliphatic carbocycles. The second-order valence-corrected chi connectivity index (χ2v) is 8.63. The van der Waals surface area contributed by atoms with E-state index >= 15 is 0 Å². The van der Waals surface area contributed by atoms with Gasteiger partial charge in [0.15, 0.2) is 0 Å². The largest absolute Gasteiger partial charge is 0.322 e. The minimum Gasteiger partial charge on any atom is -0.322 e. The molecular formula is C18H15ClN2O3S2. The van der Waals surface area contributed by atoms with Crippen LogP contribution in [0.1, 0.15) is 15.2 Å². The van der Waals surface area contributed by atoms with Gasteiger partial charge in [-0.2, -0.15) is 0 Å². The molecular weight excluding hydrogens is 392 g/mol. The van der Waals surface area contributed by atoms with Crippen molar-refractivity contribution in [3.63, 3.8) is 0 Å². The number of hydrogen-bond donors (Lipinski definition) is 2. The summed E-state index contributed by atoms with van der Waals surface area (Å²) in [5.41, 5.74) is 0.774. The van der Waals surface area contributed by atoms with E-state index in [1.54, 1.807) is 30.3 Å². The monoisotopic (exact) mass is 406 g/mol. The number of sulfonamides is 1. The lowest BCUT2D eigenvalue weighted by Gasteiger charge is -2.09. The van der Waals surface area contributed by atoms with E-state index in [1.165, 1.54) is 29.5 Å². The molecule has 134 valence electrons. The van der Waals surface area contributed by atoms with E-state index in [9.17, 15) is 13.2 Å². The summed E-state index contributed by atoms with van der Waals surface area (Å²) in [4.78, 5) is 13.3. The maximum absolute atomic E-state index is 12.4. The van der Waals surface area contributed by atoms with Crippen LogP contribution in [0.15, 0.2) is 70.9 Å². The highest BCUT2D eigenvalue weighted by Gasteiger charge is 2.16. The minimum absolute atomic E-state index is 0.0350. The Labute approximate surface area is 160 Å². The van der Waals surface area contributed by atoms with E-state index in [1.807, 2.05) is 17.5 Å². The quantitative estimate of drug-likeness (QED) is 0.646. The van der Waals surface area contributed by atoms with Crippen LogP contribution in [0.3, 0.4) is 0 Å². The number of carbonyl (C=O) groups excluding carboxylic acids is 1. The SMILES string of the molecule is O=C(Nc1cccc(Cl)c1)c1cccc(S(=O)(=O)NCc2cccs2)c1. The van der Waals surface area contributed by atoms with Crippen molar-refractivity contribution in [2.24, 2.45) is 0 Å². The summed E-state index contributed by atoms with van der Waals surface area (Å²) in [5, 5.41) is 5.07. The van der Waals surface area contributed by atoms with Crippen molar-refractivity contribution in [1.82, 2.24) is 4.72 Å². The third-order valence-electron chi connectivity index (χ3n) is 3.51. The second kappa shape index (κ2) is 8.01. The standard InChI is InChI=1S/C18H15ClN2O3S2/c19-14-5-2-6-15(11-14)21-18(22)13-4-1-8-17(10-13)26(23,24)20-12-16-7-3-9-25-16/h1-11,20H,12H2,(H,21,22). The highest BCUT2D eigenvalue weighted by molar-refractivity contribution is 7.89. The first kappa shape index (κ1) is 18.6. The minimum atomic E-state index is -3.72. The average Bonchev–Trinajstić information content (AvgIpc) is 3.14. The number of carbonyl (C=O) groups is 1. The normalized spacial score (nSPS) is 11.3. The van der Waals surface area contributed by atoms with Crippen molar-refractivity contribution in [3.05, 3.63) is 81.5 Å². The van der Waals surface area contributed by atoms with Crippen LogP contribution in [-0.2, 0) is 16.6 Å². The number of rotatable bonds is 6. The van der Waals surface area contributed by atoms with Crippen molar-refractivity contribution in [2.75, 3.05) is 5.32 Å². The van der Waals surface area contributed by atoms with E-state index in [0.717, 1.165) is 4.88 Å². The van der Waals surface area contributed by atoms with Crippen LogP contribution >= 0.6 is 22.9 Å². The molecule has 0 saturated carbocycles. The smallest absolute Gasteiger partial charge is 0.255 e. The Morgan fingerprint density at radius 1 is 1.04 bits per heavy atom. The molecule has 0 aliphatic heterocycles. The Balaban J connectivity index is 1.75. The van der Waals surface area contributed by atoms with Gasteiger partial charge in [0.2, 0.25) is 10.0 Å².